The Balaban J connectivity index is 1.49. The van der Waals surface area contributed by atoms with Crippen LogP contribution in [0.15, 0.2) is 4.34 Å². The lowest BCUT2D eigenvalue weighted by atomic mass is 9.82. The molecule has 9 nitrogen and oxygen atoms in total. The summed E-state index contributed by atoms with van der Waals surface area (Å²) in [7, 11) is 0. The second kappa shape index (κ2) is 8.11. The fraction of sp³-hybridized carbons (Fsp3) is 0.643. The van der Waals surface area contributed by atoms with Crippen LogP contribution in [0.1, 0.15) is 32.1 Å². The smallest absolute Gasteiger partial charge is 0.351 e. The summed E-state index contributed by atoms with van der Waals surface area (Å²) in [5, 5.41) is 12.7. The molecule has 1 aliphatic carbocycles. The molecule has 1 saturated heterocycles. The first kappa shape index (κ1) is 20.6. The van der Waals surface area contributed by atoms with E-state index in [2.05, 4.69) is 26.3 Å². The Bertz CT molecular complexity index is 766. The highest BCUT2D eigenvalue weighted by Gasteiger charge is 2.52. The molecule has 1 aromatic heterocycles. The van der Waals surface area contributed by atoms with Crippen molar-refractivity contribution in [3.63, 3.8) is 0 Å². The first-order valence-corrected chi connectivity index (χ1v) is 10.2. The largest absolute Gasteiger partial charge is 0.405 e. The van der Waals surface area contributed by atoms with E-state index in [9.17, 15) is 27.6 Å². The van der Waals surface area contributed by atoms with E-state index in [1.807, 2.05) is 0 Å². The third-order valence-corrected chi connectivity index (χ3v) is 6.29. The van der Waals surface area contributed by atoms with Crippen LogP contribution in [0.3, 0.4) is 0 Å². The summed E-state index contributed by atoms with van der Waals surface area (Å²) >= 11 is 1.80. The maximum atomic E-state index is 12.6. The minimum atomic E-state index is -4.38. The average Bonchev–Trinajstić information content (AvgIpc) is 3.17. The summed E-state index contributed by atoms with van der Waals surface area (Å²) in [5.74, 6) is -1.26. The Kier molecular flexibility index (Phi) is 5.98. The Morgan fingerprint density at radius 2 is 1.96 bits per heavy atom. The predicted molar refractivity (Wildman–Crippen MR) is 94.5 cm³/mol. The predicted octanol–water partition coefficient (Wildman–Crippen LogP) is 1.89. The van der Waals surface area contributed by atoms with E-state index in [0.717, 1.165) is 42.4 Å². The van der Waals surface area contributed by atoms with Crippen LogP contribution in [0.25, 0.3) is 0 Å². The van der Waals surface area contributed by atoms with Crippen molar-refractivity contribution in [3.05, 3.63) is 0 Å². The van der Waals surface area contributed by atoms with Gasteiger partial charge in [0.15, 0.2) is 4.34 Å². The van der Waals surface area contributed by atoms with Crippen molar-refractivity contribution in [2.24, 2.45) is 0 Å². The van der Waals surface area contributed by atoms with E-state index in [0.29, 0.717) is 17.9 Å². The number of amides is 4. The van der Waals surface area contributed by atoms with Crippen molar-refractivity contribution in [1.29, 1.82) is 0 Å². The van der Waals surface area contributed by atoms with Gasteiger partial charge in [-0.25, -0.2) is 4.79 Å². The van der Waals surface area contributed by atoms with Gasteiger partial charge < -0.3 is 10.6 Å². The molecular weight excluding hydrogens is 421 g/mol. The van der Waals surface area contributed by atoms with Gasteiger partial charge >= 0.3 is 12.2 Å². The molecule has 0 radical (unpaired) electrons. The molecule has 0 atom stereocenters. The van der Waals surface area contributed by atoms with Crippen LogP contribution in [0.4, 0.5) is 23.1 Å². The number of carbonyl (C=O) groups is 3. The SMILES string of the molecule is O=C(CSc1nnc(NCC(F)(F)F)s1)NN1C(=O)NC2(CCCCC2)C1=O. The number of carbonyl (C=O) groups excluding carboxylic acids is 3. The minimum Gasteiger partial charge on any atom is -0.351 e. The molecule has 28 heavy (non-hydrogen) atoms. The molecule has 1 saturated carbocycles. The third-order valence-electron chi connectivity index (χ3n) is 4.28. The molecule has 4 amide bonds. The monoisotopic (exact) mass is 438 g/mol. The van der Waals surface area contributed by atoms with Crippen molar-refractivity contribution in [2.75, 3.05) is 17.6 Å². The Hall–Kier alpha value is -2.09. The number of nitrogens with one attached hydrogen (secondary N) is 3. The molecular formula is C14H17F3N6O3S2. The minimum absolute atomic E-state index is 0.0198. The van der Waals surface area contributed by atoms with Gasteiger partial charge in [0.25, 0.3) is 5.91 Å². The zero-order valence-electron chi connectivity index (χ0n) is 14.5. The maximum Gasteiger partial charge on any atom is 0.405 e. The fourth-order valence-electron chi connectivity index (χ4n) is 3.02. The van der Waals surface area contributed by atoms with Crippen LogP contribution in [-0.4, -0.2) is 57.1 Å². The standard InChI is InChI=1S/C14H17F3N6O3S2/c15-14(16,17)7-18-10-20-21-12(28-10)27-6-8(24)22-23-9(25)13(19-11(23)26)4-2-1-3-5-13/h1-7H2,(H,18,20)(H,19,26)(H,22,24). The lowest BCUT2D eigenvalue weighted by Gasteiger charge is -2.30. The number of urea groups is 1. The van der Waals surface area contributed by atoms with Gasteiger partial charge in [-0.3, -0.25) is 15.0 Å². The van der Waals surface area contributed by atoms with Gasteiger partial charge in [0, 0.05) is 0 Å². The first-order valence-electron chi connectivity index (χ1n) is 8.42. The third kappa shape index (κ3) is 4.84. The van der Waals surface area contributed by atoms with E-state index >= 15 is 0 Å². The highest BCUT2D eigenvalue weighted by atomic mass is 32.2. The van der Waals surface area contributed by atoms with E-state index in [-0.39, 0.29) is 15.2 Å². The summed E-state index contributed by atoms with van der Waals surface area (Å²) in [5.41, 5.74) is 1.34. The molecule has 0 unspecified atom stereocenters. The van der Waals surface area contributed by atoms with Crippen LogP contribution in [0.5, 0.6) is 0 Å². The number of imide groups is 1. The molecule has 2 aliphatic rings. The number of anilines is 1. The quantitative estimate of drug-likeness (QED) is 0.459. The number of nitrogens with zero attached hydrogens (tertiary/aromatic N) is 3. The molecule has 1 aliphatic heterocycles. The molecule has 1 spiro atoms. The van der Waals surface area contributed by atoms with E-state index < -0.39 is 36.1 Å². The van der Waals surface area contributed by atoms with Gasteiger partial charge in [-0.2, -0.15) is 18.2 Å². The van der Waals surface area contributed by atoms with Gasteiger partial charge in [0.05, 0.1) is 5.75 Å². The summed E-state index contributed by atoms with van der Waals surface area (Å²) in [6, 6.07) is -0.667. The van der Waals surface area contributed by atoms with Gasteiger partial charge in [0.1, 0.15) is 12.1 Å². The second-order valence-electron chi connectivity index (χ2n) is 6.38. The van der Waals surface area contributed by atoms with Crippen LogP contribution in [-0.2, 0) is 9.59 Å². The average molecular weight is 438 g/mol. The van der Waals surface area contributed by atoms with Gasteiger partial charge in [-0.15, -0.1) is 10.2 Å². The van der Waals surface area contributed by atoms with Crippen LogP contribution in [0.2, 0.25) is 0 Å². The normalized spacial score (nSPS) is 19.0. The van der Waals surface area contributed by atoms with Gasteiger partial charge in [-0.05, 0) is 12.8 Å². The van der Waals surface area contributed by atoms with E-state index in [1.165, 1.54) is 0 Å². The number of thioether (sulfide) groups is 1. The van der Waals surface area contributed by atoms with Crippen molar-refractivity contribution < 1.29 is 27.6 Å². The second-order valence-corrected chi connectivity index (χ2v) is 8.58. The summed E-state index contributed by atoms with van der Waals surface area (Å²) < 4.78 is 36.8. The number of rotatable bonds is 6. The van der Waals surface area contributed by atoms with Crippen molar-refractivity contribution >= 4 is 46.1 Å². The lowest BCUT2D eigenvalue weighted by molar-refractivity contribution is -0.139. The lowest BCUT2D eigenvalue weighted by Crippen LogP contribution is -2.51. The Morgan fingerprint density at radius 3 is 2.64 bits per heavy atom. The van der Waals surface area contributed by atoms with Crippen LogP contribution in [0, 0.1) is 0 Å². The van der Waals surface area contributed by atoms with E-state index in [4.69, 9.17) is 0 Å². The highest BCUT2D eigenvalue weighted by Crippen LogP contribution is 2.33. The first-order chi connectivity index (χ1) is 13.2. The number of hydrazine groups is 1. The van der Waals surface area contributed by atoms with E-state index in [1.54, 1.807) is 0 Å². The molecule has 14 heteroatoms. The summed E-state index contributed by atoms with van der Waals surface area (Å²) in [6.07, 6.45) is -0.655. The van der Waals surface area contributed by atoms with Crippen molar-refractivity contribution in [1.82, 2.24) is 25.9 Å². The molecule has 2 heterocycles. The van der Waals surface area contributed by atoms with Crippen LogP contribution < -0.4 is 16.1 Å². The molecule has 1 aromatic rings. The number of halogens is 3. The molecule has 3 N–H and O–H groups in total. The van der Waals surface area contributed by atoms with Gasteiger partial charge in [-0.1, -0.05) is 42.4 Å². The fourth-order valence-corrected chi connectivity index (χ4v) is 4.56. The Labute approximate surface area is 165 Å². The Morgan fingerprint density at radius 1 is 1.25 bits per heavy atom. The zero-order chi connectivity index (χ0) is 20.4. The molecule has 0 aromatic carbocycles. The molecule has 0 bridgehead atoms. The van der Waals surface area contributed by atoms with Crippen LogP contribution >= 0.6 is 23.1 Å². The number of hydrogen-bond donors (Lipinski definition) is 3. The molecule has 154 valence electrons. The number of hydrogen-bond acceptors (Lipinski definition) is 8. The summed E-state index contributed by atoms with van der Waals surface area (Å²) in [4.78, 5) is 36.7. The van der Waals surface area contributed by atoms with Crippen molar-refractivity contribution in [3.8, 4) is 0 Å². The zero-order valence-corrected chi connectivity index (χ0v) is 16.1. The number of alkyl halides is 3. The topological polar surface area (TPSA) is 116 Å². The maximum absolute atomic E-state index is 12.6. The molecule has 3 rings (SSSR count). The van der Waals surface area contributed by atoms with Crippen molar-refractivity contribution in [2.45, 2.75) is 48.2 Å². The number of aromatic nitrogens is 2. The highest BCUT2D eigenvalue weighted by molar-refractivity contribution is 8.01. The van der Waals surface area contributed by atoms with Gasteiger partial charge in [0.2, 0.25) is 11.0 Å². The molecule has 2 fully saturated rings. The summed E-state index contributed by atoms with van der Waals surface area (Å²) in [6.45, 7) is -1.24.